The molecule has 0 aromatic carbocycles. The van der Waals surface area contributed by atoms with E-state index >= 15 is 0 Å². The number of hydrogen-bond donors (Lipinski definition) is 1. The third kappa shape index (κ3) is 2.92. The minimum atomic E-state index is 0.230. The number of nitrogens with zero attached hydrogens (tertiary/aromatic N) is 4. The number of nitrogens with two attached hydrogens (primary N) is 1. The molecule has 0 aliphatic carbocycles. The quantitative estimate of drug-likeness (QED) is 0.856. The summed E-state index contributed by atoms with van der Waals surface area (Å²) >= 11 is 3.48. The predicted octanol–water partition coefficient (Wildman–Crippen LogP) is 1.74. The Morgan fingerprint density at radius 2 is 1.83 bits per heavy atom. The number of halogens is 1. The van der Waals surface area contributed by atoms with Crippen molar-refractivity contribution in [1.29, 1.82) is 0 Å². The number of aromatic nitrogens is 2. The SMILES string of the molecule is CC(C)(C)N1CCN(c2nc(N)ncc2Br)CC1. The fourth-order valence-electron chi connectivity index (χ4n) is 2.18. The lowest BCUT2D eigenvalue weighted by Gasteiger charge is -2.42. The Bertz CT molecular complexity index is 421. The highest BCUT2D eigenvalue weighted by Crippen LogP contribution is 2.26. The van der Waals surface area contributed by atoms with E-state index in [0.29, 0.717) is 5.95 Å². The molecule has 1 saturated heterocycles. The summed E-state index contributed by atoms with van der Waals surface area (Å²) in [5.41, 5.74) is 5.88. The van der Waals surface area contributed by atoms with Crippen molar-refractivity contribution in [3.05, 3.63) is 10.7 Å². The van der Waals surface area contributed by atoms with E-state index in [4.69, 9.17) is 5.73 Å². The average Bonchev–Trinajstić information content (AvgIpc) is 2.31. The molecule has 2 heterocycles. The first-order valence-electron chi connectivity index (χ1n) is 6.16. The third-order valence-corrected chi connectivity index (χ3v) is 3.83. The van der Waals surface area contributed by atoms with Crippen molar-refractivity contribution in [2.45, 2.75) is 26.3 Å². The van der Waals surface area contributed by atoms with Crippen LogP contribution in [0.1, 0.15) is 20.8 Å². The minimum Gasteiger partial charge on any atom is -0.368 e. The smallest absolute Gasteiger partial charge is 0.222 e. The molecule has 18 heavy (non-hydrogen) atoms. The van der Waals surface area contributed by atoms with Crippen molar-refractivity contribution in [3.63, 3.8) is 0 Å². The van der Waals surface area contributed by atoms with Crippen LogP contribution in [0.5, 0.6) is 0 Å². The van der Waals surface area contributed by atoms with Gasteiger partial charge in [0.2, 0.25) is 5.95 Å². The Balaban J connectivity index is 2.08. The van der Waals surface area contributed by atoms with Crippen molar-refractivity contribution in [3.8, 4) is 0 Å². The molecular formula is C12H20BrN5. The summed E-state index contributed by atoms with van der Waals surface area (Å²) in [4.78, 5) is 13.0. The first kappa shape index (κ1) is 13.5. The van der Waals surface area contributed by atoms with Gasteiger partial charge in [-0.25, -0.2) is 4.98 Å². The lowest BCUT2D eigenvalue weighted by atomic mass is 10.1. The molecule has 6 heteroatoms. The summed E-state index contributed by atoms with van der Waals surface area (Å²) in [6, 6.07) is 0. The predicted molar refractivity (Wildman–Crippen MR) is 77.7 cm³/mol. The van der Waals surface area contributed by atoms with Crippen molar-refractivity contribution in [2.24, 2.45) is 0 Å². The number of piperazine rings is 1. The lowest BCUT2D eigenvalue weighted by molar-refractivity contribution is 0.128. The molecule has 0 saturated carbocycles. The molecule has 1 aliphatic heterocycles. The van der Waals surface area contributed by atoms with Gasteiger partial charge in [-0.3, -0.25) is 4.90 Å². The second kappa shape index (κ2) is 5.01. The fraction of sp³-hybridized carbons (Fsp3) is 0.667. The average molecular weight is 314 g/mol. The molecule has 0 amide bonds. The van der Waals surface area contributed by atoms with Crippen molar-refractivity contribution in [1.82, 2.24) is 14.9 Å². The van der Waals surface area contributed by atoms with E-state index in [2.05, 4.69) is 56.5 Å². The number of hydrogen-bond acceptors (Lipinski definition) is 5. The Labute approximate surface area is 117 Å². The van der Waals surface area contributed by atoms with E-state index < -0.39 is 0 Å². The maximum atomic E-state index is 5.65. The van der Waals surface area contributed by atoms with Gasteiger partial charge in [0.15, 0.2) is 0 Å². The highest BCUT2D eigenvalue weighted by molar-refractivity contribution is 9.10. The molecule has 0 unspecified atom stereocenters. The second-order valence-electron chi connectivity index (χ2n) is 5.54. The summed E-state index contributed by atoms with van der Waals surface area (Å²) < 4.78 is 0.904. The van der Waals surface area contributed by atoms with E-state index in [-0.39, 0.29) is 5.54 Å². The maximum Gasteiger partial charge on any atom is 0.222 e. The van der Waals surface area contributed by atoms with Gasteiger partial charge < -0.3 is 10.6 Å². The number of nitrogen functional groups attached to an aromatic ring is 1. The molecule has 0 bridgehead atoms. The molecule has 1 aromatic rings. The summed E-state index contributed by atoms with van der Waals surface area (Å²) in [6.07, 6.45) is 1.72. The maximum absolute atomic E-state index is 5.65. The van der Waals surface area contributed by atoms with Gasteiger partial charge in [-0.15, -0.1) is 0 Å². The van der Waals surface area contributed by atoms with E-state index in [9.17, 15) is 0 Å². The van der Waals surface area contributed by atoms with Crippen LogP contribution >= 0.6 is 15.9 Å². The first-order valence-corrected chi connectivity index (χ1v) is 6.95. The van der Waals surface area contributed by atoms with E-state index in [1.165, 1.54) is 0 Å². The second-order valence-corrected chi connectivity index (χ2v) is 6.40. The highest BCUT2D eigenvalue weighted by Gasteiger charge is 2.27. The summed E-state index contributed by atoms with van der Waals surface area (Å²) in [7, 11) is 0. The first-order chi connectivity index (χ1) is 8.38. The Morgan fingerprint density at radius 3 is 2.39 bits per heavy atom. The van der Waals surface area contributed by atoms with Crippen molar-refractivity contribution in [2.75, 3.05) is 36.8 Å². The van der Waals surface area contributed by atoms with Crippen molar-refractivity contribution < 1.29 is 0 Å². The Morgan fingerprint density at radius 1 is 1.22 bits per heavy atom. The van der Waals surface area contributed by atoms with Gasteiger partial charge in [0, 0.05) is 37.9 Å². The number of anilines is 2. The Hall–Kier alpha value is -0.880. The molecule has 5 nitrogen and oxygen atoms in total. The van der Waals surface area contributed by atoms with Crippen LogP contribution in [0.15, 0.2) is 10.7 Å². The molecule has 1 aromatic heterocycles. The van der Waals surface area contributed by atoms with Crippen LogP contribution in [0, 0.1) is 0 Å². The standard InChI is InChI=1S/C12H20BrN5/c1-12(2,3)18-6-4-17(5-7-18)10-9(13)8-15-11(14)16-10/h8H,4-7H2,1-3H3,(H2,14,15,16). The number of rotatable bonds is 1. The van der Waals surface area contributed by atoms with Gasteiger partial charge in [-0.1, -0.05) is 0 Å². The molecule has 1 fully saturated rings. The highest BCUT2D eigenvalue weighted by atomic mass is 79.9. The molecule has 2 rings (SSSR count). The fourth-order valence-corrected chi connectivity index (χ4v) is 2.62. The van der Waals surface area contributed by atoms with E-state index in [1.807, 2.05) is 0 Å². The zero-order valence-corrected chi connectivity index (χ0v) is 12.7. The summed E-state index contributed by atoms with van der Waals surface area (Å²) in [5.74, 6) is 1.22. The molecule has 0 spiro atoms. The zero-order valence-electron chi connectivity index (χ0n) is 11.1. The third-order valence-electron chi connectivity index (χ3n) is 3.27. The van der Waals surface area contributed by atoms with Gasteiger partial charge in [-0.05, 0) is 36.7 Å². The topological polar surface area (TPSA) is 58.3 Å². The van der Waals surface area contributed by atoms with Crippen LogP contribution in [-0.2, 0) is 0 Å². The Kier molecular flexibility index (Phi) is 3.77. The summed E-state index contributed by atoms with van der Waals surface area (Å²) in [6.45, 7) is 10.8. The normalized spacial score (nSPS) is 18.1. The molecule has 100 valence electrons. The molecular weight excluding hydrogens is 294 g/mol. The van der Waals surface area contributed by atoms with Crippen LogP contribution in [0.3, 0.4) is 0 Å². The summed E-state index contributed by atoms with van der Waals surface area (Å²) in [5, 5.41) is 0. The van der Waals surface area contributed by atoms with Crippen LogP contribution in [0.2, 0.25) is 0 Å². The molecule has 0 radical (unpaired) electrons. The van der Waals surface area contributed by atoms with Crippen molar-refractivity contribution >= 4 is 27.7 Å². The van der Waals surface area contributed by atoms with E-state index in [1.54, 1.807) is 6.20 Å². The van der Waals surface area contributed by atoms with Gasteiger partial charge in [0.25, 0.3) is 0 Å². The van der Waals surface area contributed by atoms with Crippen LogP contribution < -0.4 is 10.6 Å². The van der Waals surface area contributed by atoms with Crippen LogP contribution in [0.4, 0.5) is 11.8 Å². The van der Waals surface area contributed by atoms with Gasteiger partial charge in [0.05, 0.1) is 4.47 Å². The van der Waals surface area contributed by atoms with Crippen LogP contribution in [0.25, 0.3) is 0 Å². The van der Waals surface area contributed by atoms with Gasteiger partial charge >= 0.3 is 0 Å². The largest absolute Gasteiger partial charge is 0.368 e. The molecule has 1 aliphatic rings. The zero-order chi connectivity index (χ0) is 13.3. The minimum absolute atomic E-state index is 0.230. The molecule has 2 N–H and O–H groups in total. The lowest BCUT2D eigenvalue weighted by Crippen LogP contribution is -2.53. The monoisotopic (exact) mass is 313 g/mol. The van der Waals surface area contributed by atoms with E-state index in [0.717, 1.165) is 36.5 Å². The van der Waals surface area contributed by atoms with Gasteiger partial charge in [-0.2, -0.15) is 4.98 Å². The van der Waals surface area contributed by atoms with Gasteiger partial charge in [0.1, 0.15) is 5.82 Å². The molecule has 0 atom stereocenters. The van der Waals surface area contributed by atoms with Crippen LogP contribution in [-0.4, -0.2) is 46.6 Å².